The maximum absolute atomic E-state index is 12.8. The molecule has 20 heavy (non-hydrogen) atoms. The van der Waals surface area contributed by atoms with Crippen LogP contribution in [-0.4, -0.2) is 18.1 Å². The Balaban J connectivity index is 2.39. The molecule has 0 bridgehead atoms. The number of nitrogens with one attached hydrogen (secondary N) is 1. The third kappa shape index (κ3) is 2.88. The number of rotatable bonds is 2. The topological polar surface area (TPSA) is 65.4 Å². The minimum absolute atomic E-state index is 0.0126. The van der Waals surface area contributed by atoms with Gasteiger partial charge in [-0.25, -0.2) is 0 Å². The molecule has 0 saturated carbocycles. The molecule has 1 atom stereocenters. The quantitative estimate of drug-likeness (QED) is 0.618. The number of nitrogens with zero attached hydrogens (tertiary/aromatic N) is 1. The third-order valence-electron chi connectivity index (χ3n) is 2.84. The highest BCUT2D eigenvalue weighted by Crippen LogP contribution is 2.36. The van der Waals surface area contributed by atoms with E-state index in [2.05, 4.69) is 5.32 Å². The number of hydrogen-bond acceptors (Lipinski definition) is 3. The van der Waals surface area contributed by atoms with Gasteiger partial charge in [0.2, 0.25) is 0 Å². The van der Waals surface area contributed by atoms with Gasteiger partial charge >= 0.3 is 6.18 Å². The van der Waals surface area contributed by atoms with Crippen LogP contribution >= 0.6 is 22.6 Å². The fourth-order valence-electron chi connectivity index (χ4n) is 1.49. The van der Waals surface area contributed by atoms with E-state index in [4.69, 9.17) is 10.00 Å². The number of anilines is 1. The second-order valence-corrected chi connectivity index (χ2v) is 5.62. The number of benzene rings is 1. The summed E-state index contributed by atoms with van der Waals surface area (Å²) in [7, 11) is 0. The van der Waals surface area contributed by atoms with Crippen LogP contribution in [0.5, 0.6) is 0 Å². The van der Waals surface area contributed by atoms with Gasteiger partial charge in [-0.3, -0.25) is 4.79 Å². The molecule has 1 aromatic rings. The average Bonchev–Trinajstić information content (AvgIpc) is 3.09. The van der Waals surface area contributed by atoms with Gasteiger partial charge < -0.3 is 10.1 Å². The predicted octanol–water partition coefficient (Wildman–Crippen LogP) is 2.91. The minimum atomic E-state index is -4.66. The van der Waals surface area contributed by atoms with E-state index in [1.165, 1.54) is 6.07 Å². The molecule has 1 aliphatic heterocycles. The number of carbonyl (C=O) groups excluding carboxylic acids is 1. The van der Waals surface area contributed by atoms with E-state index in [1.54, 1.807) is 29.5 Å². The van der Waals surface area contributed by atoms with E-state index in [-0.39, 0.29) is 12.3 Å². The van der Waals surface area contributed by atoms with Crippen LogP contribution in [0, 0.1) is 14.9 Å². The molecule has 0 aliphatic carbocycles. The SMILES string of the molecule is C[C@@]1(C(=O)Nc2cc(C(F)(F)F)c(C#N)cc2I)CO1. The zero-order valence-electron chi connectivity index (χ0n) is 10.1. The van der Waals surface area contributed by atoms with Crippen LogP contribution in [0.15, 0.2) is 12.1 Å². The Kier molecular flexibility index (Phi) is 3.68. The molecule has 8 heteroatoms. The van der Waals surface area contributed by atoms with Crippen molar-refractivity contribution >= 4 is 34.2 Å². The lowest BCUT2D eigenvalue weighted by molar-refractivity contribution is -0.137. The summed E-state index contributed by atoms with van der Waals surface area (Å²) in [4.78, 5) is 11.8. The van der Waals surface area contributed by atoms with E-state index >= 15 is 0 Å². The summed E-state index contributed by atoms with van der Waals surface area (Å²) in [5, 5.41) is 11.2. The van der Waals surface area contributed by atoms with Crippen LogP contribution in [0.25, 0.3) is 0 Å². The van der Waals surface area contributed by atoms with Gasteiger partial charge in [-0.15, -0.1) is 0 Å². The van der Waals surface area contributed by atoms with E-state index in [0.717, 1.165) is 12.1 Å². The van der Waals surface area contributed by atoms with Crippen molar-refractivity contribution in [1.29, 1.82) is 5.26 Å². The Morgan fingerprint density at radius 1 is 1.55 bits per heavy atom. The van der Waals surface area contributed by atoms with E-state index < -0.39 is 28.8 Å². The molecule has 4 nitrogen and oxygen atoms in total. The highest BCUT2D eigenvalue weighted by Gasteiger charge is 2.47. The molecule has 2 rings (SSSR count). The summed E-state index contributed by atoms with van der Waals surface area (Å²) in [6, 6.07) is 3.36. The molecule has 0 unspecified atom stereocenters. The molecule has 1 aromatic carbocycles. The Labute approximate surface area is 126 Å². The summed E-state index contributed by atoms with van der Waals surface area (Å²) in [6.45, 7) is 1.78. The Morgan fingerprint density at radius 3 is 2.60 bits per heavy atom. The Hall–Kier alpha value is -1.34. The number of nitriles is 1. The second kappa shape index (κ2) is 4.89. The standard InChI is InChI=1S/C12H8F3IN2O2/c1-11(5-20-11)10(19)18-9-3-7(12(13,14)15)6(4-17)2-8(9)16/h2-3H,5H2,1H3,(H,18,19)/t11-/m0/s1. The number of epoxide rings is 1. The summed E-state index contributed by atoms with van der Waals surface area (Å²) < 4.78 is 43.8. The van der Waals surface area contributed by atoms with Crippen molar-refractivity contribution < 1.29 is 22.7 Å². The van der Waals surface area contributed by atoms with Crippen molar-refractivity contribution in [3.8, 4) is 6.07 Å². The van der Waals surface area contributed by atoms with Crippen molar-refractivity contribution in [3.63, 3.8) is 0 Å². The number of alkyl halides is 3. The molecule has 0 spiro atoms. The van der Waals surface area contributed by atoms with Gasteiger partial charge in [0.05, 0.1) is 29.5 Å². The van der Waals surface area contributed by atoms with Crippen LogP contribution < -0.4 is 5.32 Å². The van der Waals surface area contributed by atoms with E-state index in [0.29, 0.717) is 3.57 Å². The summed E-state index contributed by atoms with van der Waals surface area (Å²) >= 11 is 1.76. The van der Waals surface area contributed by atoms with Crippen molar-refractivity contribution in [2.75, 3.05) is 11.9 Å². The van der Waals surface area contributed by atoms with E-state index in [9.17, 15) is 18.0 Å². The van der Waals surface area contributed by atoms with Gasteiger partial charge in [-0.2, -0.15) is 18.4 Å². The van der Waals surface area contributed by atoms with Gasteiger partial charge in [-0.05, 0) is 41.6 Å². The van der Waals surface area contributed by atoms with Gasteiger partial charge in [0, 0.05) is 3.57 Å². The number of amides is 1. The highest BCUT2D eigenvalue weighted by molar-refractivity contribution is 14.1. The van der Waals surface area contributed by atoms with Gasteiger partial charge in [0.1, 0.15) is 0 Å². The van der Waals surface area contributed by atoms with Crippen LogP contribution in [0.3, 0.4) is 0 Å². The summed E-state index contributed by atoms with van der Waals surface area (Å²) in [5.41, 5.74) is -2.51. The Bertz CT molecular complexity index is 618. The van der Waals surface area contributed by atoms with E-state index in [1.807, 2.05) is 0 Å². The minimum Gasteiger partial charge on any atom is -0.359 e. The molecular weight excluding hydrogens is 388 g/mol. The van der Waals surface area contributed by atoms with Crippen LogP contribution in [0.2, 0.25) is 0 Å². The van der Waals surface area contributed by atoms with Crippen molar-refractivity contribution in [2.45, 2.75) is 18.7 Å². The number of ether oxygens (including phenoxy) is 1. The largest absolute Gasteiger partial charge is 0.417 e. The van der Waals surface area contributed by atoms with Gasteiger partial charge in [0.25, 0.3) is 5.91 Å². The maximum atomic E-state index is 12.8. The molecule has 1 fully saturated rings. The van der Waals surface area contributed by atoms with Crippen LogP contribution in [0.4, 0.5) is 18.9 Å². The molecule has 0 radical (unpaired) electrons. The molecule has 1 aliphatic rings. The van der Waals surface area contributed by atoms with Crippen molar-refractivity contribution in [2.24, 2.45) is 0 Å². The monoisotopic (exact) mass is 396 g/mol. The number of hydrogen-bond donors (Lipinski definition) is 1. The smallest absolute Gasteiger partial charge is 0.359 e. The van der Waals surface area contributed by atoms with Crippen LogP contribution in [0.1, 0.15) is 18.1 Å². The van der Waals surface area contributed by atoms with Crippen molar-refractivity contribution in [1.82, 2.24) is 0 Å². The fraction of sp³-hybridized carbons (Fsp3) is 0.333. The first-order valence-electron chi connectivity index (χ1n) is 5.43. The zero-order chi connectivity index (χ0) is 15.1. The lowest BCUT2D eigenvalue weighted by Gasteiger charge is -2.14. The molecule has 1 heterocycles. The number of carbonyl (C=O) groups is 1. The molecular formula is C12H8F3IN2O2. The lowest BCUT2D eigenvalue weighted by atomic mass is 10.1. The first-order valence-corrected chi connectivity index (χ1v) is 6.51. The van der Waals surface area contributed by atoms with Crippen LogP contribution in [-0.2, 0) is 15.7 Å². The zero-order valence-corrected chi connectivity index (χ0v) is 12.3. The predicted molar refractivity (Wildman–Crippen MR) is 71.9 cm³/mol. The van der Waals surface area contributed by atoms with Gasteiger partial charge in [0.15, 0.2) is 5.60 Å². The number of halogens is 4. The third-order valence-corrected chi connectivity index (χ3v) is 3.73. The molecule has 0 aromatic heterocycles. The highest BCUT2D eigenvalue weighted by atomic mass is 127. The maximum Gasteiger partial charge on any atom is 0.417 e. The first kappa shape index (κ1) is 15.1. The fourth-order valence-corrected chi connectivity index (χ4v) is 2.09. The lowest BCUT2D eigenvalue weighted by Crippen LogP contribution is -2.28. The summed E-state index contributed by atoms with van der Waals surface area (Å²) in [5.74, 6) is -0.506. The second-order valence-electron chi connectivity index (χ2n) is 4.46. The molecule has 106 valence electrons. The molecule has 1 saturated heterocycles. The Morgan fingerprint density at radius 2 is 2.15 bits per heavy atom. The molecule has 1 amide bonds. The first-order chi connectivity index (χ1) is 9.17. The molecule has 1 N–H and O–H groups in total. The average molecular weight is 396 g/mol. The summed E-state index contributed by atoms with van der Waals surface area (Å²) in [6.07, 6.45) is -4.66. The van der Waals surface area contributed by atoms with Crippen molar-refractivity contribution in [3.05, 3.63) is 26.8 Å². The van der Waals surface area contributed by atoms with Gasteiger partial charge in [-0.1, -0.05) is 0 Å². The normalized spacial score (nSPS) is 21.2.